The summed E-state index contributed by atoms with van der Waals surface area (Å²) in [5.74, 6) is -0.453. The number of nitrogens with zero attached hydrogens (tertiary/aromatic N) is 3. The summed E-state index contributed by atoms with van der Waals surface area (Å²) < 4.78 is 41.7. The molecule has 2 N–H and O–H groups in total. The molecule has 2 heterocycles. The van der Waals surface area contributed by atoms with Gasteiger partial charge in [-0.2, -0.15) is 18.3 Å². The fourth-order valence-electron chi connectivity index (χ4n) is 3.70. The van der Waals surface area contributed by atoms with E-state index in [2.05, 4.69) is 15.7 Å². The molecule has 0 aromatic carbocycles. The summed E-state index contributed by atoms with van der Waals surface area (Å²) in [5, 5.41) is 9.72. The lowest BCUT2D eigenvalue weighted by atomic mass is 9.97. The molecule has 0 radical (unpaired) electrons. The second-order valence-electron chi connectivity index (χ2n) is 9.29. The van der Waals surface area contributed by atoms with Gasteiger partial charge in [0.05, 0.1) is 17.8 Å². The predicted octanol–water partition coefficient (Wildman–Crippen LogP) is 4.73. The van der Waals surface area contributed by atoms with Crippen molar-refractivity contribution in [2.24, 2.45) is 5.92 Å². The van der Waals surface area contributed by atoms with Crippen LogP contribution in [0.2, 0.25) is 0 Å². The third-order valence-electron chi connectivity index (χ3n) is 5.31. The molecule has 188 valence electrons. The molecule has 0 spiro atoms. The number of carbonyl (C=O) groups is 1. The smallest absolute Gasteiger partial charge is 0.393 e. The molecule has 0 bridgehead atoms. The summed E-state index contributed by atoms with van der Waals surface area (Å²) >= 11 is 0. The minimum Gasteiger partial charge on any atom is -0.393 e. The summed E-state index contributed by atoms with van der Waals surface area (Å²) in [6.07, 6.45) is 8.09. The highest BCUT2D eigenvalue weighted by atomic mass is 19.4. The minimum absolute atomic E-state index is 0.0726. The molecule has 1 amide bonds. The topological polar surface area (TPSA) is 62.2 Å². The van der Waals surface area contributed by atoms with Crippen LogP contribution < -0.4 is 10.6 Å². The third-order valence-corrected chi connectivity index (χ3v) is 5.31. The van der Waals surface area contributed by atoms with E-state index < -0.39 is 17.4 Å². The molecule has 0 saturated carbocycles. The zero-order valence-corrected chi connectivity index (χ0v) is 20.8. The van der Waals surface area contributed by atoms with Gasteiger partial charge in [0.1, 0.15) is 0 Å². The van der Waals surface area contributed by atoms with Crippen molar-refractivity contribution in [3.8, 4) is 0 Å². The van der Waals surface area contributed by atoms with E-state index in [9.17, 15) is 18.0 Å². The van der Waals surface area contributed by atoms with Gasteiger partial charge in [0.2, 0.25) is 5.91 Å². The van der Waals surface area contributed by atoms with Crippen LogP contribution in [0.5, 0.6) is 0 Å². The van der Waals surface area contributed by atoms with Gasteiger partial charge in [0.15, 0.2) is 5.69 Å². The Morgan fingerprint density at radius 2 is 2.03 bits per heavy atom. The maximum atomic E-state index is 13.5. The van der Waals surface area contributed by atoms with E-state index in [4.69, 9.17) is 0 Å². The molecular formula is C25H36F3N5O. The molecule has 9 heteroatoms. The lowest BCUT2D eigenvalue weighted by molar-refractivity contribution is -0.141. The van der Waals surface area contributed by atoms with Crippen molar-refractivity contribution in [1.82, 2.24) is 25.3 Å². The summed E-state index contributed by atoms with van der Waals surface area (Å²) in [4.78, 5) is 15.0. The van der Waals surface area contributed by atoms with Crippen LogP contribution in [0.15, 0.2) is 48.3 Å². The monoisotopic (exact) mass is 479 g/mol. The summed E-state index contributed by atoms with van der Waals surface area (Å²) in [7, 11) is 3.66. The number of likely N-dealkylation sites (N-methyl/N-ethyl adjacent to an activating group) is 1. The molecule has 1 aliphatic heterocycles. The van der Waals surface area contributed by atoms with Crippen LogP contribution in [0.4, 0.5) is 13.2 Å². The summed E-state index contributed by atoms with van der Waals surface area (Å²) in [6, 6.07) is 1.04. The highest BCUT2D eigenvalue weighted by Gasteiger charge is 2.36. The number of hydrogen-bond acceptors (Lipinski definition) is 4. The van der Waals surface area contributed by atoms with Gasteiger partial charge in [-0.15, -0.1) is 0 Å². The number of allylic oxidation sites excluding steroid dienone is 5. The van der Waals surface area contributed by atoms with Crippen LogP contribution in [0.3, 0.4) is 0 Å². The molecule has 1 aromatic rings. The van der Waals surface area contributed by atoms with Gasteiger partial charge >= 0.3 is 6.18 Å². The van der Waals surface area contributed by atoms with Crippen molar-refractivity contribution < 1.29 is 18.0 Å². The molecule has 1 aromatic heterocycles. The number of nitrogens with one attached hydrogen (secondary N) is 2. The molecule has 1 aliphatic rings. The maximum Gasteiger partial charge on any atom is 0.435 e. The molecule has 0 fully saturated rings. The molecule has 1 atom stereocenters. The zero-order chi connectivity index (χ0) is 25.5. The molecule has 2 rings (SSSR count). The lowest BCUT2D eigenvalue weighted by Crippen LogP contribution is -2.48. The first-order valence-electron chi connectivity index (χ1n) is 11.4. The van der Waals surface area contributed by atoms with Gasteiger partial charge in [-0.05, 0) is 38.3 Å². The molecule has 0 aliphatic carbocycles. The Balaban J connectivity index is 2.25. The molecular weight excluding hydrogens is 443 g/mol. The van der Waals surface area contributed by atoms with E-state index in [1.165, 1.54) is 4.68 Å². The predicted molar refractivity (Wildman–Crippen MR) is 130 cm³/mol. The number of hydrogen-bond donors (Lipinski definition) is 2. The average molecular weight is 480 g/mol. The number of halogens is 3. The molecule has 6 nitrogen and oxygen atoms in total. The molecule has 1 unspecified atom stereocenters. The normalized spacial score (nSPS) is 16.1. The Kier molecular flexibility index (Phi) is 9.18. The minimum atomic E-state index is -4.57. The van der Waals surface area contributed by atoms with Crippen molar-refractivity contribution in [2.75, 3.05) is 20.6 Å². The quantitative estimate of drug-likeness (QED) is 0.476. The highest BCUT2D eigenvalue weighted by molar-refractivity contribution is 5.79. The van der Waals surface area contributed by atoms with Crippen LogP contribution >= 0.6 is 0 Å². The first kappa shape index (κ1) is 27.3. The van der Waals surface area contributed by atoms with Crippen molar-refractivity contribution in [1.29, 1.82) is 0 Å². The fourth-order valence-corrected chi connectivity index (χ4v) is 3.70. The van der Waals surface area contributed by atoms with Crippen molar-refractivity contribution in [3.05, 3.63) is 59.7 Å². The number of amides is 1. The average Bonchev–Trinajstić information content (AvgIpc) is 3.14. The van der Waals surface area contributed by atoms with E-state index in [1.807, 2.05) is 50.2 Å². The van der Waals surface area contributed by atoms with E-state index in [-0.39, 0.29) is 18.4 Å². The van der Waals surface area contributed by atoms with Gasteiger partial charge in [0, 0.05) is 44.5 Å². The zero-order valence-electron chi connectivity index (χ0n) is 20.8. The number of rotatable bonds is 10. The fraction of sp³-hybridized carbons (Fsp3) is 0.520. The summed E-state index contributed by atoms with van der Waals surface area (Å²) in [6.45, 7) is 8.27. The van der Waals surface area contributed by atoms with E-state index >= 15 is 0 Å². The Labute approximate surface area is 200 Å². The van der Waals surface area contributed by atoms with Gasteiger partial charge in [-0.3, -0.25) is 9.48 Å². The van der Waals surface area contributed by atoms with Gasteiger partial charge < -0.3 is 15.5 Å². The van der Waals surface area contributed by atoms with Crippen LogP contribution in [0.1, 0.15) is 51.9 Å². The van der Waals surface area contributed by atoms with Crippen LogP contribution in [-0.2, 0) is 17.5 Å². The van der Waals surface area contributed by atoms with Crippen molar-refractivity contribution >= 4 is 11.5 Å². The number of alkyl halides is 3. The van der Waals surface area contributed by atoms with E-state index in [0.29, 0.717) is 17.7 Å². The Morgan fingerprint density at radius 1 is 1.32 bits per heavy atom. The van der Waals surface area contributed by atoms with Crippen LogP contribution in [0, 0.1) is 5.92 Å². The molecule has 0 saturated heterocycles. The first-order valence-corrected chi connectivity index (χ1v) is 11.4. The van der Waals surface area contributed by atoms with Gasteiger partial charge in [-0.1, -0.05) is 38.2 Å². The SMILES string of the molecule is CC/C=C/C(=C\NC)c1cc(C(F)(F)F)nn1CC(C)(C)NC(=O)C(C)CC1=CN(C)CC=C1. The largest absolute Gasteiger partial charge is 0.435 e. The second-order valence-corrected chi connectivity index (χ2v) is 9.29. The van der Waals surface area contributed by atoms with Crippen LogP contribution in [0.25, 0.3) is 5.57 Å². The van der Waals surface area contributed by atoms with Crippen LogP contribution in [-0.4, -0.2) is 46.8 Å². The summed E-state index contributed by atoms with van der Waals surface area (Å²) in [5.41, 5.74) is 0.153. The van der Waals surface area contributed by atoms with Crippen molar-refractivity contribution in [3.63, 3.8) is 0 Å². The Hall–Kier alpha value is -2.97. The van der Waals surface area contributed by atoms with E-state index in [0.717, 1.165) is 24.6 Å². The Morgan fingerprint density at radius 3 is 2.62 bits per heavy atom. The van der Waals surface area contributed by atoms with Gasteiger partial charge in [0.25, 0.3) is 0 Å². The number of aromatic nitrogens is 2. The molecule has 34 heavy (non-hydrogen) atoms. The lowest BCUT2D eigenvalue weighted by Gasteiger charge is -2.29. The third kappa shape index (κ3) is 7.81. The van der Waals surface area contributed by atoms with Crippen molar-refractivity contribution in [2.45, 2.75) is 58.8 Å². The number of carbonyl (C=O) groups excluding carboxylic acids is 1. The van der Waals surface area contributed by atoms with Gasteiger partial charge in [-0.25, -0.2) is 0 Å². The van der Waals surface area contributed by atoms with E-state index in [1.54, 1.807) is 33.2 Å². The highest BCUT2D eigenvalue weighted by Crippen LogP contribution is 2.31. The first-order chi connectivity index (χ1) is 15.9. The standard InChI is InChI=1S/C25H36F3N5O/c1-7-8-11-20(15-29-5)21-14-22(25(26,27)28)31-33(21)17-24(3,4)30-23(34)18(2)13-19-10-9-12-32(6)16-19/h8-11,14-16,18,29H,7,12-13,17H2,1-6H3,(H,30,34)/b11-8+,20-15+. The Bertz CT molecular complexity index is 970. The maximum absolute atomic E-state index is 13.5. The second kappa shape index (κ2) is 11.4.